The number of hydrogen-bond acceptors (Lipinski definition) is 0. The molecule has 0 aliphatic heterocycles. The SMILES string of the molecule is CC1c2[c-]cccc2-c2ccccc21.Cc1c(C)c(C)[c-](C)c1C.[Cl-].[Cl-].[Zr+4]. The first-order chi connectivity index (χ1) is 11.4. The molecule has 27 heavy (non-hydrogen) atoms. The third-order valence-corrected chi connectivity index (χ3v) is 5.85. The van der Waals surface area contributed by atoms with E-state index in [-0.39, 0.29) is 51.0 Å². The predicted octanol–water partition coefficient (Wildman–Crippen LogP) is 0.572. The van der Waals surface area contributed by atoms with Crippen LogP contribution in [0.15, 0.2) is 42.5 Å². The fourth-order valence-corrected chi connectivity index (χ4v) is 3.72. The van der Waals surface area contributed by atoms with E-state index in [0.717, 1.165) is 0 Å². The van der Waals surface area contributed by atoms with E-state index < -0.39 is 0 Å². The van der Waals surface area contributed by atoms with Gasteiger partial charge in [0, 0.05) is 0 Å². The van der Waals surface area contributed by atoms with E-state index in [9.17, 15) is 0 Å². The molecule has 0 saturated heterocycles. The average molecular weight is 477 g/mol. The van der Waals surface area contributed by atoms with Gasteiger partial charge in [0.25, 0.3) is 0 Å². The third kappa shape index (κ3) is 4.81. The monoisotopic (exact) mass is 474 g/mol. The Morgan fingerprint density at radius 3 is 1.85 bits per heavy atom. The van der Waals surface area contributed by atoms with Gasteiger partial charge in [0.2, 0.25) is 0 Å². The minimum atomic E-state index is 0. The van der Waals surface area contributed by atoms with Crippen LogP contribution in [0.25, 0.3) is 11.1 Å². The molecule has 0 bridgehead atoms. The van der Waals surface area contributed by atoms with Crippen LogP contribution in [0.3, 0.4) is 0 Å². The van der Waals surface area contributed by atoms with E-state index in [4.69, 9.17) is 0 Å². The smallest absolute Gasteiger partial charge is 1.00 e. The summed E-state index contributed by atoms with van der Waals surface area (Å²) in [4.78, 5) is 0. The molecule has 0 aromatic heterocycles. The summed E-state index contributed by atoms with van der Waals surface area (Å²) in [5, 5.41) is 0. The van der Waals surface area contributed by atoms with Gasteiger partial charge in [0.05, 0.1) is 0 Å². The molecule has 140 valence electrons. The molecule has 0 N–H and O–H groups in total. The van der Waals surface area contributed by atoms with Gasteiger partial charge in [-0.1, -0.05) is 71.4 Å². The first-order valence-corrected chi connectivity index (χ1v) is 8.73. The van der Waals surface area contributed by atoms with E-state index in [1.54, 1.807) is 0 Å². The summed E-state index contributed by atoms with van der Waals surface area (Å²) in [5.41, 5.74) is 12.9. The molecule has 3 aromatic carbocycles. The van der Waals surface area contributed by atoms with Crippen molar-refractivity contribution in [2.45, 2.75) is 47.5 Å². The molecule has 0 nitrogen and oxygen atoms in total. The summed E-state index contributed by atoms with van der Waals surface area (Å²) < 4.78 is 0. The van der Waals surface area contributed by atoms with Gasteiger partial charge in [-0.05, 0) is 11.5 Å². The molecule has 1 aliphatic carbocycles. The van der Waals surface area contributed by atoms with Gasteiger partial charge in [0.15, 0.2) is 0 Å². The van der Waals surface area contributed by atoms with Gasteiger partial charge in [-0.25, -0.2) is 0 Å². The first-order valence-electron chi connectivity index (χ1n) is 8.73. The van der Waals surface area contributed by atoms with Gasteiger partial charge in [-0.15, -0.1) is 11.1 Å². The molecule has 1 atom stereocenters. The zero-order valence-corrected chi connectivity index (χ0v) is 20.8. The van der Waals surface area contributed by atoms with Crippen molar-refractivity contribution in [3.05, 3.63) is 87.5 Å². The maximum absolute atomic E-state index is 3.35. The Hall–Kier alpha value is -0.747. The van der Waals surface area contributed by atoms with Crippen LogP contribution >= 0.6 is 0 Å². The van der Waals surface area contributed by atoms with Crippen molar-refractivity contribution in [2.24, 2.45) is 0 Å². The molecule has 3 heteroatoms. The molecule has 1 unspecified atom stereocenters. The van der Waals surface area contributed by atoms with Crippen molar-refractivity contribution in [3.8, 4) is 11.1 Å². The Balaban J connectivity index is 0.000000473. The fourth-order valence-electron chi connectivity index (χ4n) is 3.72. The van der Waals surface area contributed by atoms with Crippen LogP contribution < -0.4 is 24.8 Å². The molecule has 0 saturated carbocycles. The summed E-state index contributed by atoms with van der Waals surface area (Å²) in [6.45, 7) is 13.2. The molecule has 3 aromatic rings. The van der Waals surface area contributed by atoms with Crippen molar-refractivity contribution in [3.63, 3.8) is 0 Å². The van der Waals surface area contributed by atoms with Gasteiger partial charge in [-0.2, -0.15) is 52.1 Å². The zero-order chi connectivity index (χ0) is 17.4. The summed E-state index contributed by atoms with van der Waals surface area (Å²) in [7, 11) is 0. The predicted molar refractivity (Wildman–Crippen MR) is 104 cm³/mol. The molecular formula is C24H26Cl2Zr. The quantitative estimate of drug-likeness (QED) is 0.417. The molecule has 0 amide bonds. The van der Waals surface area contributed by atoms with Crippen LogP contribution in [0.1, 0.15) is 51.8 Å². The summed E-state index contributed by atoms with van der Waals surface area (Å²) in [5.74, 6) is 0.502. The second-order valence-electron chi connectivity index (χ2n) is 6.93. The first kappa shape index (κ1) is 26.3. The second-order valence-corrected chi connectivity index (χ2v) is 6.93. The van der Waals surface area contributed by atoms with Crippen molar-refractivity contribution >= 4 is 0 Å². The van der Waals surface area contributed by atoms with Crippen molar-refractivity contribution in [2.75, 3.05) is 0 Å². The van der Waals surface area contributed by atoms with Crippen LogP contribution in [0.5, 0.6) is 0 Å². The number of halogens is 2. The van der Waals surface area contributed by atoms with E-state index in [2.05, 4.69) is 84.0 Å². The summed E-state index contributed by atoms with van der Waals surface area (Å²) in [6.07, 6.45) is 0. The maximum Gasteiger partial charge on any atom is 4.00 e. The number of benzene rings is 2. The van der Waals surface area contributed by atoms with E-state index in [0.29, 0.717) is 5.92 Å². The fraction of sp³-hybridized carbons (Fsp3) is 0.292. The Labute approximate surface area is 196 Å². The minimum absolute atomic E-state index is 0. The van der Waals surface area contributed by atoms with Crippen molar-refractivity contribution < 1.29 is 51.0 Å². The number of rotatable bonds is 0. The third-order valence-electron chi connectivity index (χ3n) is 5.85. The van der Waals surface area contributed by atoms with E-state index in [1.807, 2.05) is 6.07 Å². The molecule has 0 spiro atoms. The molecule has 4 rings (SSSR count). The van der Waals surface area contributed by atoms with Gasteiger partial charge in [-0.3, -0.25) is 0 Å². The van der Waals surface area contributed by atoms with Gasteiger partial charge < -0.3 is 24.8 Å². The van der Waals surface area contributed by atoms with E-state index in [1.165, 1.54) is 50.1 Å². The molecule has 1 aliphatic rings. The van der Waals surface area contributed by atoms with Crippen molar-refractivity contribution in [1.82, 2.24) is 0 Å². The Morgan fingerprint density at radius 1 is 0.815 bits per heavy atom. The Bertz CT molecular complexity index is 768. The molecule has 0 fully saturated rings. The van der Waals surface area contributed by atoms with Crippen LogP contribution in [0.4, 0.5) is 0 Å². The Morgan fingerprint density at radius 2 is 1.33 bits per heavy atom. The van der Waals surface area contributed by atoms with Crippen LogP contribution in [-0.4, -0.2) is 0 Å². The Kier molecular flexibility index (Phi) is 10.4. The maximum atomic E-state index is 3.35. The van der Waals surface area contributed by atoms with Gasteiger partial charge >= 0.3 is 26.2 Å². The van der Waals surface area contributed by atoms with Crippen LogP contribution in [0, 0.1) is 40.7 Å². The molecular weight excluding hydrogens is 450 g/mol. The van der Waals surface area contributed by atoms with Gasteiger partial charge in [0.1, 0.15) is 0 Å². The standard InChI is InChI=1S/C14H11.C10H15.2ClH.Zr/c1-10-11-6-2-4-8-13(11)14-9-5-3-7-12(10)14;1-6-7(2)9(4)10(5)8(6)3;;;/h2-6,8-10H,1H3;1-5H3;2*1H;/q2*-1;;;+4/p-2. The largest absolute Gasteiger partial charge is 4.00 e. The molecule has 0 heterocycles. The molecule has 0 radical (unpaired) electrons. The van der Waals surface area contributed by atoms with Crippen LogP contribution in [0.2, 0.25) is 0 Å². The summed E-state index contributed by atoms with van der Waals surface area (Å²) in [6, 6.07) is 18.2. The summed E-state index contributed by atoms with van der Waals surface area (Å²) >= 11 is 0. The number of fused-ring (bicyclic) bond motifs is 3. The second kappa shape index (κ2) is 10.7. The minimum Gasteiger partial charge on any atom is -1.00 e. The average Bonchev–Trinajstić information content (AvgIpc) is 3.00. The van der Waals surface area contributed by atoms with Crippen LogP contribution in [-0.2, 0) is 26.2 Å². The normalized spacial score (nSPS) is 13.0. The van der Waals surface area contributed by atoms with Crippen molar-refractivity contribution in [1.29, 1.82) is 0 Å². The number of hydrogen-bond donors (Lipinski definition) is 0. The topological polar surface area (TPSA) is 0 Å². The zero-order valence-electron chi connectivity index (χ0n) is 16.9. The van der Waals surface area contributed by atoms with E-state index >= 15 is 0 Å².